The molecule has 18 heavy (non-hydrogen) atoms. The first-order valence-electron chi connectivity index (χ1n) is 5.69. The maximum atomic E-state index is 13.2. The highest BCUT2D eigenvalue weighted by Gasteiger charge is 2.33. The van der Waals surface area contributed by atoms with Crippen LogP contribution >= 0.6 is 0 Å². The zero-order chi connectivity index (χ0) is 13.6. The van der Waals surface area contributed by atoms with Gasteiger partial charge in [-0.2, -0.15) is 13.2 Å². The maximum Gasteiger partial charge on any atom is 0.419 e. The highest BCUT2D eigenvalue weighted by molar-refractivity contribution is 5.50. The largest absolute Gasteiger partial charge is 0.419 e. The Kier molecular flexibility index (Phi) is 5.34. The van der Waals surface area contributed by atoms with Crippen LogP contribution in [0.5, 0.6) is 0 Å². The van der Waals surface area contributed by atoms with Gasteiger partial charge in [-0.3, -0.25) is 0 Å². The molecule has 1 aromatic carbocycles. The van der Waals surface area contributed by atoms with Crippen molar-refractivity contribution >= 4 is 6.08 Å². The summed E-state index contributed by atoms with van der Waals surface area (Å²) < 4.78 is 50.1. The molecule has 0 aliphatic carbocycles. The van der Waals surface area contributed by atoms with Crippen LogP contribution in [0.2, 0.25) is 0 Å². The van der Waals surface area contributed by atoms with Gasteiger partial charge >= 0.3 is 6.18 Å². The Labute approximate surface area is 104 Å². The van der Waals surface area contributed by atoms with Gasteiger partial charge < -0.3 is 5.32 Å². The van der Waals surface area contributed by atoms with Crippen molar-refractivity contribution in [3.05, 3.63) is 41.2 Å². The highest BCUT2D eigenvalue weighted by atomic mass is 19.4. The molecule has 0 aromatic heterocycles. The fourth-order valence-corrected chi connectivity index (χ4v) is 1.45. The highest BCUT2D eigenvalue weighted by Crippen LogP contribution is 2.31. The van der Waals surface area contributed by atoms with E-state index in [0.29, 0.717) is 5.56 Å². The molecule has 0 bridgehead atoms. The molecule has 100 valence electrons. The molecular formula is C13H15F4N. The molecular weight excluding hydrogens is 246 g/mol. The van der Waals surface area contributed by atoms with Gasteiger partial charge in [0.25, 0.3) is 0 Å². The van der Waals surface area contributed by atoms with Gasteiger partial charge in [0, 0.05) is 0 Å². The van der Waals surface area contributed by atoms with Crippen molar-refractivity contribution in [2.24, 2.45) is 0 Å². The lowest BCUT2D eigenvalue weighted by atomic mass is 10.1. The van der Waals surface area contributed by atoms with E-state index < -0.39 is 17.6 Å². The summed E-state index contributed by atoms with van der Waals surface area (Å²) in [5, 5.41) is 3.10. The summed E-state index contributed by atoms with van der Waals surface area (Å²) in [5.41, 5.74) is -0.802. The molecule has 0 unspecified atom stereocenters. The number of benzene rings is 1. The lowest BCUT2D eigenvalue weighted by Crippen LogP contribution is -2.12. The average molecular weight is 261 g/mol. The van der Waals surface area contributed by atoms with Crippen LogP contribution in [-0.2, 0) is 6.18 Å². The molecule has 0 fully saturated rings. The number of nitrogens with one attached hydrogen (secondary N) is 1. The summed E-state index contributed by atoms with van der Waals surface area (Å²) >= 11 is 0. The van der Waals surface area contributed by atoms with E-state index in [-0.39, 0.29) is 0 Å². The van der Waals surface area contributed by atoms with Crippen molar-refractivity contribution < 1.29 is 17.6 Å². The first kappa shape index (κ1) is 14.7. The van der Waals surface area contributed by atoms with Crippen molar-refractivity contribution in [3.8, 4) is 0 Å². The van der Waals surface area contributed by atoms with Crippen LogP contribution in [0.1, 0.15) is 24.5 Å². The van der Waals surface area contributed by atoms with E-state index in [0.717, 1.165) is 31.6 Å². The molecule has 1 N–H and O–H groups in total. The second-order valence-corrected chi connectivity index (χ2v) is 3.78. The lowest BCUT2D eigenvalue weighted by Gasteiger charge is -2.07. The Balaban J connectivity index is 2.67. The topological polar surface area (TPSA) is 12.0 Å². The monoisotopic (exact) mass is 261 g/mol. The Bertz CT molecular complexity index is 410. The van der Waals surface area contributed by atoms with Crippen LogP contribution in [0.25, 0.3) is 6.08 Å². The molecule has 1 rings (SSSR count). The molecule has 1 nitrogen and oxygen atoms in total. The number of halogens is 4. The Morgan fingerprint density at radius 2 is 2.00 bits per heavy atom. The quantitative estimate of drug-likeness (QED) is 0.627. The summed E-state index contributed by atoms with van der Waals surface area (Å²) in [7, 11) is 0. The number of alkyl halides is 3. The molecule has 0 atom stereocenters. The lowest BCUT2D eigenvalue weighted by molar-refractivity contribution is -0.140. The Morgan fingerprint density at radius 3 is 2.56 bits per heavy atom. The van der Waals surface area contributed by atoms with Crippen molar-refractivity contribution in [3.63, 3.8) is 0 Å². The molecule has 0 radical (unpaired) electrons. The number of hydrogen-bond donors (Lipinski definition) is 1. The van der Waals surface area contributed by atoms with Crippen LogP contribution in [0.15, 0.2) is 24.3 Å². The van der Waals surface area contributed by atoms with Gasteiger partial charge in [0.05, 0.1) is 5.56 Å². The number of rotatable bonds is 5. The van der Waals surface area contributed by atoms with Crippen LogP contribution in [0, 0.1) is 5.82 Å². The molecule has 0 saturated heterocycles. The Morgan fingerprint density at radius 1 is 1.28 bits per heavy atom. The zero-order valence-electron chi connectivity index (χ0n) is 10.0. The normalized spacial score (nSPS) is 12.3. The van der Waals surface area contributed by atoms with E-state index in [9.17, 15) is 17.6 Å². The molecule has 0 aliphatic rings. The van der Waals surface area contributed by atoms with Gasteiger partial charge in [0.15, 0.2) is 0 Å². The zero-order valence-corrected chi connectivity index (χ0v) is 10.0. The fourth-order valence-electron chi connectivity index (χ4n) is 1.45. The standard InChI is InChI=1S/C13H15F4N/c1-2-18-8-4-3-5-10-6-7-11(12(14)9-10)13(15,16)17/h3,5-7,9,18H,2,4,8H2,1H3/b5-3+. The first-order chi connectivity index (χ1) is 8.45. The summed E-state index contributed by atoms with van der Waals surface area (Å²) in [6.45, 7) is 3.63. The maximum absolute atomic E-state index is 13.2. The van der Waals surface area contributed by atoms with Crippen molar-refractivity contribution in [1.29, 1.82) is 0 Å². The van der Waals surface area contributed by atoms with E-state index in [4.69, 9.17) is 0 Å². The van der Waals surface area contributed by atoms with Crippen LogP contribution in [0.3, 0.4) is 0 Å². The third kappa shape index (κ3) is 4.49. The van der Waals surface area contributed by atoms with Crippen LogP contribution in [0.4, 0.5) is 17.6 Å². The average Bonchev–Trinajstić information content (AvgIpc) is 2.27. The van der Waals surface area contributed by atoms with Gasteiger partial charge in [-0.1, -0.05) is 25.1 Å². The Hall–Kier alpha value is -1.36. The van der Waals surface area contributed by atoms with Crippen molar-refractivity contribution in [2.45, 2.75) is 19.5 Å². The molecule has 5 heteroatoms. The summed E-state index contributed by atoms with van der Waals surface area (Å²) in [5.74, 6) is -1.24. The summed E-state index contributed by atoms with van der Waals surface area (Å²) in [4.78, 5) is 0. The van der Waals surface area contributed by atoms with Gasteiger partial charge in [-0.15, -0.1) is 0 Å². The minimum absolute atomic E-state index is 0.428. The van der Waals surface area contributed by atoms with Gasteiger partial charge in [0.1, 0.15) is 5.82 Å². The number of hydrogen-bond acceptors (Lipinski definition) is 1. The second-order valence-electron chi connectivity index (χ2n) is 3.78. The fraction of sp³-hybridized carbons (Fsp3) is 0.385. The first-order valence-corrected chi connectivity index (χ1v) is 5.69. The van der Waals surface area contributed by atoms with E-state index >= 15 is 0 Å². The minimum atomic E-state index is -4.64. The third-order valence-electron chi connectivity index (χ3n) is 2.35. The minimum Gasteiger partial charge on any atom is -0.317 e. The van der Waals surface area contributed by atoms with E-state index in [2.05, 4.69) is 5.32 Å². The predicted octanol–water partition coefficient (Wildman–Crippen LogP) is 3.86. The smallest absolute Gasteiger partial charge is 0.317 e. The second kappa shape index (κ2) is 6.54. The molecule has 0 saturated carbocycles. The molecule has 0 aliphatic heterocycles. The van der Waals surface area contributed by atoms with E-state index in [1.54, 1.807) is 12.2 Å². The van der Waals surface area contributed by atoms with E-state index in [1.165, 1.54) is 6.07 Å². The van der Waals surface area contributed by atoms with Crippen LogP contribution in [-0.4, -0.2) is 13.1 Å². The SMILES string of the molecule is CCNCC/C=C/c1ccc(C(F)(F)F)c(F)c1. The van der Waals surface area contributed by atoms with Crippen LogP contribution < -0.4 is 5.32 Å². The van der Waals surface area contributed by atoms with E-state index in [1.807, 2.05) is 6.92 Å². The third-order valence-corrected chi connectivity index (χ3v) is 2.35. The molecule has 1 aromatic rings. The molecule has 0 spiro atoms. The summed E-state index contributed by atoms with van der Waals surface area (Å²) in [6.07, 6.45) is -0.487. The molecule has 0 amide bonds. The van der Waals surface area contributed by atoms with Crippen molar-refractivity contribution in [1.82, 2.24) is 5.32 Å². The van der Waals surface area contributed by atoms with Gasteiger partial charge in [0.2, 0.25) is 0 Å². The van der Waals surface area contributed by atoms with Crippen molar-refractivity contribution in [2.75, 3.05) is 13.1 Å². The predicted molar refractivity (Wildman–Crippen MR) is 63.6 cm³/mol. The summed E-state index contributed by atoms with van der Waals surface area (Å²) in [6, 6.07) is 2.92. The molecule has 0 heterocycles. The van der Waals surface area contributed by atoms with Gasteiger partial charge in [-0.25, -0.2) is 4.39 Å². The van der Waals surface area contributed by atoms with Gasteiger partial charge in [-0.05, 0) is 37.2 Å².